The molecule has 6 aromatic carbocycles. The van der Waals surface area contributed by atoms with Crippen LogP contribution in [0.2, 0.25) is 0 Å². The Bertz CT molecular complexity index is 4070. The number of aryl methyl sites for hydroxylation is 1. The van der Waals surface area contributed by atoms with E-state index in [2.05, 4.69) is 10.6 Å². The smallest absolute Gasteiger partial charge is 0.411 e. The molecule has 1 aliphatic rings. The number of hydrogen-bond donors (Lipinski definition) is 3. The average Bonchev–Trinajstić information content (AvgIpc) is 0.787. The highest BCUT2D eigenvalue weighted by molar-refractivity contribution is 5.83. The number of nitrogens with one attached hydrogen (secondary N) is 2. The van der Waals surface area contributed by atoms with Crippen molar-refractivity contribution < 1.29 is 95.3 Å². The predicted octanol–water partition coefficient (Wildman–Crippen LogP) is 15.0. The molecule has 112 heavy (non-hydrogen) atoms. The maximum Gasteiger partial charge on any atom is 0.411 e. The second kappa shape index (κ2) is 41.2. The molecule has 3 amide bonds. The number of carbonyl (C=O) groups excluding carboxylic acids is 6. The Hall–Kier alpha value is -9.75. The summed E-state index contributed by atoms with van der Waals surface area (Å²) >= 11 is 0. The first-order valence-electron chi connectivity index (χ1n) is 38.3. The second-order valence-electron chi connectivity index (χ2n) is 32.9. The molecule has 0 radical (unpaired) electrons. The van der Waals surface area contributed by atoms with Crippen molar-refractivity contribution in [1.29, 1.82) is 0 Å². The molecular weight excluding hydrogens is 1430 g/mol. The molecule has 3 N–H and O–H groups in total. The van der Waals surface area contributed by atoms with Gasteiger partial charge in [-0.15, -0.1) is 0 Å². The first kappa shape index (κ1) is 87.8. The molecule has 0 bridgehead atoms. The van der Waals surface area contributed by atoms with Crippen LogP contribution in [0.15, 0.2) is 194 Å². The normalized spacial score (nSPS) is 17.2. The van der Waals surface area contributed by atoms with Gasteiger partial charge in [-0.2, -0.15) is 4.57 Å². The van der Waals surface area contributed by atoms with Gasteiger partial charge in [-0.05, 0) is 163 Å². The molecule has 8 rings (SSSR count). The molecule has 604 valence electrons. The van der Waals surface area contributed by atoms with Crippen molar-refractivity contribution in [1.82, 2.24) is 15.5 Å². The molecular formula is C89H115N4O19+. The number of pyridine rings is 1. The maximum atomic E-state index is 15.4. The lowest BCUT2D eigenvalue weighted by Gasteiger charge is -2.46. The zero-order valence-corrected chi connectivity index (χ0v) is 67.6. The number of rotatable bonds is 35. The molecule has 9 atom stereocenters. The van der Waals surface area contributed by atoms with Gasteiger partial charge in [-0.3, -0.25) is 4.90 Å². The van der Waals surface area contributed by atoms with Crippen LogP contribution in [-0.4, -0.2) is 136 Å². The standard InChI is InChI=1S/C89H114N4O19/c1-85(2,3)108-78(95)70(90-82(98)111-88(10,11)12)48-46-67-52-92(54-73(94)69(67)50-71(79(96)109-86(4,5)6)91-83(99)112-89(13,14)15)53-68(47-49-72(80(97)110-87(7,8)9)93(51-61-34-22-16-23-35-61)84(100)105-59-66-44-32-21-33-45-66)106-81-77(104-58-65-42-30-20-31-43-65)76(103-57-64-40-28-19-29-41-64)75(102-56-63-38-26-18-27-39-63)74(107-81)60-101-55-62-36-24-17-25-37-62/h16-45,52,54,68,70-72,74-77,81H,46-51,53,55-60H2,1-15H3,(H2-,90,91,94,98,99)/p+1/t68-,70+,71+,72+,74-,75+,76+,77-,81-/m1/s1. The Morgan fingerprint density at radius 3 is 1.32 bits per heavy atom. The maximum absolute atomic E-state index is 15.4. The molecule has 1 saturated heterocycles. The van der Waals surface area contributed by atoms with Gasteiger partial charge in [0.05, 0.1) is 33.0 Å². The summed E-state index contributed by atoms with van der Waals surface area (Å²) in [6, 6.07) is 52.9. The minimum Gasteiger partial charge on any atom is -0.503 e. The highest BCUT2D eigenvalue weighted by Crippen LogP contribution is 2.35. The lowest BCUT2D eigenvalue weighted by molar-refractivity contribution is -0.706. The molecule has 1 aliphatic heterocycles. The summed E-state index contributed by atoms with van der Waals surface area (Å²) in [7, 11) is 0. The number of carbonyl (C=O) groups is 6. The van der Waals surface area contributed by atoms with Crippen LogP contribution in [0.5, 0.6) is 5.75 Å². The summed E-state index contributed by atoms with van der Waals surface area (Å²) in [5.74, 6) is -2.76. The molecule has 23 nitrogen and oxygen atoms in total. The highest BCUT2D eigenvalue weighted by Gasteiger charge is 2.51. The van der Waals surface area contributed by atoms with Crippen molar-refractivity contribution >= 4 is 36.2 Å². The van der Waals surface area contributed by atoms with E-state index in [1.165, 1.54) is 11.1 Å². The third-order valence-electron chi connectivity index (χ3n) is 17.2. The number of aromatic hydroxyl groups is 1. The number of alkyl carbamates (subject to hydrolysis) is 2. The third-order valence-corrected chi connectivity index (χ3v) is 17.2. The van der Waals surface area contributed by atoms with Gasteiger partial charge in [-0.25, -0.2) is 28.8 Å². The largest absolute Gasteiger partial charge is 0.503 e. The van der Waals surface area contributed by atoms with Crippen LogP contribution in [0.4, 0.5) is 14.4 Å². The predicted molar refractivity (Wildman–Crippen MR) is 421 cm³/mol. The van der Waals surface area contributed by atoms with Crippen molar-refractivity contribution in [2.45, 2.75) is 265 Å². The van der Waals surface area contributed by atoms with Gasteiger partial charge in [0.15, 0.2) is 24.8 Å². The van der Waals surface area contributed by atoms with Gasteiger partial charge in [0.1, 0.15) is 83.3 Å². The fraction of sp³-hybridized carbons (Fsp3) is 0.472. The molecule has 0 spiro atoms. The van der Waals surface area contributed by atoms with E-state index in [1.807, 2.05) is 182 Å². The Labute approximate surface area is 660 Å². The van der Waals surface area contributed by atoms with Crippen LogP contribution < -0.4 is 15.2 Å². The fourth-order valence-corrected chi connectivity index (χ4v) is 12.3. The number of nitrogens with zero attached hydrogens (tertiary/aromatic N) is 2. The van der Waals surface area contributed by atoms with E-state index in [-0.39, 0.29) is 96.1 Å². The summed E-state index contributed by atoms with van der Waals surface area (Å²) in [6.45, 7) is 25.5. The molecule has 0 aliphatic carbocycles. The number of amides is 3. The first-order chi connectivity index (χ1) is 53.0. The molecule has 1 aromatic heterocycles. The quantitative estimate of drug-likeness (QED) is 0.0189. The molecule has 7 aromatic rings. The topological polar surface area (TPSA) is 265 Å². The molecule has 23 heteroatoms. The van der Waals surface area contributed by atoms with Crippen molar-refractivity contribution in [3.8, 4) is 5.75 Å². The minimum atomic E-state index is -1.48. The summed E-state index contributed by atoms with van der Waals surface area (Å²) in [5.41, 5.74) is 0.235. The van der Waals surface area contributed by atoms with Crippen LogP contribution >= 0.6 is 0 Å². The van der Waals surface area contributed by atoms with E-state index < -0.39 is 119 Å². The SMILES string of the molecule is CC(C)(C)OC(=O)N[C@@H](CCc1c[n+](C[C@@H](CC[C@@H](C(=O)OC(C)(C)C)N(Cc2ccccc2)C(=O)OCc2ccccc2)O[C@@H]2O[C@H](COCc3ccccc3)[C@H](OCc3ccccc3)[C@H](OCc3ccccc3)[C@H]2OCc2ccccc2)cc(O)c1C[C@H](NC(=O)OC(C)(C)C)C(=O)OC(C)(C)C)C(=O)OC(C)(C)C. The first-order valence-corrected chi connectivity index (χ1v) is 38.3. The van der Waals surface area contributed by atoms with Crippen molar-refractivity contribution in [3.63, 3.8) is 0 Å². The van der Waals surface area contributed by atoms with E-state index in [1.54, 1.807) is 115 Å². The zero-order valence-electron chi connectivity index (χ0n) is 67.6. The van der Waals surface area contributed by atoms with Gasteiger partial charge in [0.2, 0.25) is 6.20 Å². The van der Waals surface area contributed by atoms with E-state index in [0.29, 0.717) is 16.7 Å². The zero-order chi connectivity index (χ0) is 81.2. The summed E-state index contributed by atoms with van der Waals surface area (Å²) in [5, 5.41) is 18.3. The molecule has 2 heterocycles. The van der Waals surface area contributed by atoms with Crippen LogP contribution in [-0.2, 0) is 130 Å². The molecule has 0 unspecified atom stereocenters. The Kier molecular flexibility index (Phi) is 32.3. The van der Waals surface area contributed by atoms with Gasteiger partial charge >= 0.3 is 36.2 Å². The number of ether oxygens (including phenoxy) is 12. The van der Waals surface area contributed by atoms with Crippen molar-refractivity contribution in [2.75, 3.05) is 6.61 Å². The number of hydrogen-bond acceptors (Lipinski definition) is 19. The minimum absolute atomic E-state index is 0.0384. The van der Waals surface area contributed by atoms with Crippen LogP contribution in [0.3, 0.4) is 0 Å². The number of aromatic nitrogens is 1. The highest BCUT2D eigenvalue weighted by atomic mass is 16.7. The Balaban J connectivity index is 1.33. The van der Waals surface area contributed by atoms with Gasteiger partial charge in [-0.1, -0.05) is 182 Å². The summed E-state index contributed by atoms with van der Waals surface area (Å²) in [4.78, 5) is 88.2. The van der Waals surface area contributed by atoms with Gasteiger partial charge in [0, 0.05) is 24.1 Å². The summed E-state index contributed by atoms with van der Waals surface area (Å²) < 4.78 is 80.2. The summed E-state index contributed by atoms with van der Waals surface area (Å²) in [6.07, 6.45) is -6.83. The van der Waals surface area contributed by atoms with E-state index in [0.717, 1.165) is 22.3 Å². The lowest BCUT2D eigenvalue weighted by Crippen LogP contribution is -2.62. The number of esters is 3. The fourth-order valence-electron chi connectivity index (χ4n) is 12.3. The van der Waals surface area contributed by atoms with Crippen LogP contribution in [0, 0.1) is 0 Å². The van der Waals surface area contributed by atoms with Crippen LogP contribution in [0.1, 0.15) is 168 Å². The average molecular weight is 1540 g/mol. The number of benzene rings is 6. The van der Waals surface area contributed by atoms with Crippen LogP contribution in [0.25, 0.3) is 0 Å². The Morgan fingerprint density at radius 2 is 0.857 bits per heavy atom. The van der Waals surface area contributed by atoms with Crippen molar-refractivity contribution in [2.24, 2.45) is 0 Å². The Morgan fingerprint density at radius 1 is 0.455 bits per heavy atom. The molecule has 0 saturated carbocycles. The second-order valence-corrected chi connectivity index (χ2v) is 32.9. The van der Waals surface area contributed by atoms with Gasteiger partial charge < -0.3 is 72.6 Å². The third kappa shape index (κ3) is 30.7. The van der Waals surface area contributed by atoms with E-state index in [4.69, 9.17) is 56.8 Å². The van der Waals surface area contributed by atoms with Gasteiger partial charge in [0.25, 0.3) is 0 Å². The lowest BCUT2D eigenvalue weighted by atomic mass is 9.96. The monoisotopic (exact) mass is 1540 g/mol. The van der Waals surface area contributed by atoms with E-state index >= 15 is 9.59 Å². The molecule has 1 fully saturated rings. The van der Waals surface area contributed by atoms with E-state index in [9.17, 15) is 24.3 Å². The van der Waals surface area contributed by atoms with Crippen molar-refractivity contribution in [3.05, 3.63) is 239 Å².